The Balaban J connectivity index is 2.74. The molecule has 1 rings (SSSR count). The molecule has 0 radical (unpaired) electrons. The van der Waals surface area contributed by atoms with Gasteiger partial charge in [0.15, 0.2) is 6.10 Å². The molecule has 0 aromatic heterocycles. The van der Waals surface area contributed by atoms with E-state index in [-0.39, 0.29) is 13.2 Å². The molecule has 0 fully saturated rings. The summed E-state index contributed by atoms with van der Waals surface area (Å²) in [5.41, 5.74) is 0.299. The molecule has 110 valence electrons. The second-order valence-corrected chi connectivity index (χ2v) is 6.62. The number of aliphatic hydroxyl groups is 1. The first-order valence-corrected chi connectivity index (χ1v) is 7.97. The van der Waals surface area contributed by atoms with E-state index < -0.39 is 12.1 Å². The molecule has 0 saturated carbocycles. The summed E-state index contributed by atoms with van der Waals surface area (Å²) >= 11 is 10.1. The van der Waals surface area contributed by atoms with Crippen molar-refractivity contribution < 1.29 is 19.4 Å². The molecular formula is C13H13Br3O4. The average Bonchev–Trinajstić information content (AvgIpc) is 2.36. The van der Waals surface area contributed by atoms with Crippen molar-refractivity contribution in [1.29, 1.82) is 0 Å². The average molecular weight is 473 g/mol. The van der Waals surface area contributed by atoms with E-state index in [0.29, 0.717) is 20.3 Å². The SMILES string of the molecule is C=C(C)C(=O)OCC(CO)Oc1c(Br)cc(Br)cc1Br. The van der Waals surface area contributed by atoms with Crippen LogP contribution in [0.3, 0.4) is 0 Å². The van der Waals surface area contributed by atoms with Gasteiger partial charge >= 0.3 is 5.97 Å². The van der Waals surface area contributed by atoms with Crippen LogP contribution in [0.5, 0.6) is 5.75 Å². The summed E-state index contributed by atoms with van der Waals surface area (Å²) in [6.45, 7) is 4.70. The lowest BCUT2D eigenvalue weighted by Gasteiger charge is -2.19. The highest BCUT2D eigenvalue weighted by atomic mass is 79.9. The monoisotopic (exact) mass is 470 g/mol. The predicted molar refractivity (Wildman–Crippen MR) is 86.8 cm³/mol. The van der Waals surface area contributed by atoms with Crippen molar-refractivity contribution in [2.75, 3.05) is 13.2 Å². The minimum Gasteiger partial charge on any atom is -0.482 e. The minimum atomic E-state index is -0.660. The van der Waals surface area contributed by atoms with Crippen LogP contribution >= 0.6 is 47.8 Å². The number of ether oxygens (including phenoxy) is 2. The molecule has 0 aliphatic heterocycles. The van der Waals surface area contributed by atoms with Crippen LogP contribution in [0.4, 0.5) is 0 Å². The van der Waals surface area contributed by atoms with E-state index in [9.17, 15) is 9.90 Å². The molecule has 1 unspecified atom stereocenters. The number of carbonyl (C=O) groups excluding carboxylic acids is 1. The Morgan fingerprint density at radius 3 is 2.35 bits per heavy atom. The lowest BCUT2D eigenvalue weighted by atomic mass is 10.3. The second kappa shape index (κ2) is 8.17. The predicted octanol–water partition coefficient (Wildman–Crippen LogP) is 3.83. The summed E-state index contributed by atoms with van der Waals surface area (Å²) in [6.07, 6.45) is -0.660. The fraction of sp³-hybridized carbons (Fsp3) is 0.308. The molecule has 1 atom stereocenters. The van der Waals surface area contributed by atoms with E-state index in [1.807, 2.05) is 12.1 Å². The fourth-order valence-corrected chi connectivity index (χ4v) is 3.67. The summed E-state index contributed by atoms with van der Waals surface area (Å²) < 4.78 is 12.9. The van der Waals surface area contributed by atoms with Gasteiger partial charge in [-0.2, -0.15) is 0 Å². The molecule has 20 heavy (non-hydrogen) atoms. The second-order valence-electron chi connectivity index (χ2n) is 4.00. The number of benzene rings is 1. The van der Waals surface area contributed by atoms with E-state index in [0.717, 1.165) is 4.47 Å². The number of hydrogen-bond donors (Lipinski definition) is 1. The van der Waals surface area contributed by atoms with Crippen molar-refractivity contribution in [2.24, 2.45) is 0 Å². The highest BCUT2D eigenvalue weighted by Gasteiger charge is 2.17. The minimum absolute atomic E-state index is 0.0584. The number of aliphatic hydroxyl groups excluding tert-OH is 1. The van der Waals surface area contributed by atoms with E-state index in [1.54, 1.807) is 6.92 Å². The molecule has 0 bridgehead atoms. The molecule has 0 amide bonds. The van der Waals surface area contributed by atoms with Crippen molar-refractivity contribution in [1.82, 2.24) is 0 Å². The van der Waals surface area contributed by atoms with Gasteiger partial charge in [0.2, 0.25) is 0 Å². The number of halogens is 3. The van der Waals surface area contributed by atoms with Crippen LogP contribution in [0, 0.1) is 0 Å². The van der Waals surface area contributed by atoms with Crippen LogP contribution in [0.15, 0.2) is 37.7 Å². The maximum Gasteiger partial charge on any atom is 0.333 e. The van der Waals surface area contributed by atoms with Gasteiger partial charge < -0.3 is 14.6 Å². The van der Waals surface area contributed by atoms with E-state index in [2.05, 4.69) is 54.4 Å². The zero-order valence-electron chi connectivity index (χ0n) is 10.7. The number of rotatable bonds is 6. The van der Waals surface area contributed by atoms with Crippen molar-refractivity contribution in [3.8, 4) is 5.75 Å². The topological polar surface area (TPSA) is 55.8 Å². The molecule has 1 aromatic carbocycles. The van der Waals surface area contributed by atoms with Crippen LogP contribution in [0.25, 0.3) is 0 Å². The van der Waals surface area contributed by atoms with Gasteiger partial charge in [-0.3, -0.25) is 0 Å². The number of carbonyl (C=O) groups is 1. The van der Waals surface area contributed by atoms with Crippen LogP contribution in [0.1, 0.15) is 6.92 Å². The van der Waals surface area contributed by atoms with Gasteiger partial charge in [0.25, 0.3) is 0 Å². The first kappa shape index (κ1) is 17.7. The van der Waals surface area contributed by atoms with E-state index in [4.69, 9.17) is 9.47 Å². The van der Waals surface area contributed by atoms with Gasteiger partial charge in [-0.1, -0.05) is 22.5 Å². The molecule has 7 heteroatoms. The Morgan fingerprint density at radius 1 is 1.35 bits per heavy atom. The van der Waals surface area contributed by atoms with Crippen LogP contribution in [-0.4, -0.2) is 30.4 Å². The number of esters is 1. The third-order valence-corrected chi connectivity index (χ3v) is 3.84. The summed E-state index contributed by atoms with van der Waals surface area (Å²) in [4.78, 5) is 11.3. The standard InChI is InChI=1S/C13H13Br3O4/c1-7(2)13(18)19-6-9(5-17)20-12-10(15)3-8(14)4-11(12)16/h3-4,9,17H,1,5-6H2,2H3. The Morgan fingerprint density at radius 2 is 1.90 bits per heavy atom. The summed E-state index contributed by atoms with van der Waals surface area (Å²) in [7, 11) is 0. The Kier molecular flexibility index (Phi) is 7.22. The molecule has 0 heterocycles. The molecule has 4 nitrogen and oxygen atoms in total. The van der Waals surface area contributed by atoms with Crippen LogP contribution in [-0.2, 0) is 9.53 Å². The largest absolute Gasteiger partial charge is 0.482 e. The normalized spacial score (nSPS) is 11.8. The maximum atomic E-state index is 11.3. The smallest absolute Gasteiger partial charge is 0.333 e. The van der Waals surface area contributed by atoms with Gasteiger partial charge in [-0.25, -0.2) is 4.79 Å². The first-order chi connectivity index (χ1) is 9.35. The molecular weight excluding hydrogens is 460 g/mol. The third kappa shape index (κ3) is 5.20. The zero-order chi connectivity index (χ0) is 15.3. The summed E-state index contributed by atoms with van der Waals surface area (Å²) in [6, 6.07) is 3.63. The van der Waals surface area contributed by atoms with Crippen LogP contribution in [0.2, 0.25) is 0 Å². The van der Waals surface area contributed by atoms with Gasteiger partial charge in [0.05, 0.1) is 15.6 Å². The van der Waals surface area contributed by atoms with Gasteiger partial charge in [0, 0.05) is 10.0 Å². The maximum absolute atomic E-state index is 11.3. The van der Waals surface area contributed by atoms with Crippen molar-refractivity contribution in [3.63, 3.8) is 0 Å². The fourth-order valence-electron chi connectivity index (χ4n) is 1.22. The van der Waals surface area contributed by atoms with E-state index >= 15 is 0 Å². The highest BCUT2D eigenvalue weighted by molar-refractivity contribution is 9.11. The van der Waals surface area contributed by atoms with Crippen molar-refractivity contribution in [2.45, 2.75) is 13.0 Å². The third-order valence-electron chi connectivity index (χ3n) is 2.20. The lowest BCUT2D eigenvalue weighted by molar-refractivity contribution is -0.141. The molecule has 0 saturated heterocycles. The summed E-state index contributed by atoms with van der Waals surface area (Å²) in [5.74, 6) is 0.0135. The Bertz CT molecular complexity index is 493. The molecule has 0 aliphatic carbocycles. The lowest BCUT2D eigenvalue weighted by Crippen LogP contribution is -2.29. The first-order valence-electron chi connectivity index (χ1n) is 5.59. The quantitative estimate of drug-likeness (QED) is 0.505. The highest BCUT2D eigenvalue weighted by Crippen LogP contribution is 2.37. The molecule has 0 aliphatic rings. The molecule has 1 N–H and O–H groups in total. The molecule has 0 spiro atoms. The van der Waals surface area contributed by atoms with Gasteiger partial charge in [0.1, 0.15) is 12.4 Å². The van der Waals surface area contributed by atoms with Crippen LogP contribution < -0.4 is 4.74 Å². The Hall–Kier alpha value is -0.370. The van der Waals surface area contributed by atoms with E-state index in [1.165, 1.54) is 0 Å². The molecule has 1 aromatic rings. The zero-order valence-corrected chi connectivity index (χ0v) is 15.4. The number of hydrogen-bond acceptors (Lipinski definition) is 4. The Labute approximate surface area is 142 Å². The van der Waals surface area contributed by atoms with Gasteiger partial charge in [-0.05, 0) is 50.9 Å². The van der Waals surface area contributed by atoms with Crippen molar-refractivity contribution in [3.05, 3.63) is 37.7 Å². The van der Waals surface area contributed by atoms with Gasteiger partial charge in [-0.15, -0.1) is 0 Å². The summed E-state index contributed by atoms with van der Waals surface area (Å²) in [5, 5.41) is 9.30. The van der Waals surface area contributed by atoms with Crippen molar-refractivity contribution >= 4 is 53.8 Å².